The summed E-state index contributed by atoms with van der Waals surface area (Å²) in [6.45, 7) is 0. The minimum atomic E-state index is 1.09. The minimum absolute atomic E-state index is 1.09. The number of benzene rings is 4. The molecule has 0 unspecified atom stereocenters. The number of hydrogen-bond donors (Lipinski definition) is 1. The Morgan fingerprint density at radius 1 is 0.556 bits per heavy atom. The first-order valence-corrected chi connectivity index (χ1v) is 9.19. The summed E-state index contributed by atoms with van der Waals surface area (Å²) in [5.41, 5.74) is 7.15. The molecule has 0 fully saturated rings. The summed E-state index contributed by atoms with van der Waals surface area (Å²) in [6, 6.07) is 34.2. The summed E-state index contributed by atoms with van der Waals surface area (Å²) in [7, 11) is 2.13. The molecule has 2 nitrogen and oxygen atoms in total. The third-order valence-electron chi connectivity index (χ3n) is 5.20. The fourth-order valence-corrected chi connectivity index (χ4v) is 3.78. The smallest absolute Gasteiger partial charge is 0.0509 e. The second kappa shape index (κ2) is 6.33. The highest BCUT2D eigenvalue weighted by molar-refractivity contribution is 6.08. The quantitative estimate of drug-likeness (QED) is 0.382. The standard InChI is InChI=1S/C25H20N2/c1-27-24-10-6-5-9-22(24)23-16-15-21(17-25(23)27)26-20-13-11-19(12-14-20)18-7-3-2-4-8-18/h2-17,26H,1H3. The molecule has 0 spiro atoms. The number of hydrogen-bond acceptors (Lipinski definition) is 1. The monoisotopic (exact) mass is 348 g/mol. The van der Waals surface area contributed by atoms with E-state index < -0.39 is 0 Å². The summed E-state index contributed by atoms with van der Waals surface area (Å²) in [5, 5.41) is 6.12. The van der Waals surface area contributed by atoms with Gasteiger partial charge in [0, 0.05) is 34.7 Å². The second-order valence-corrected chi connectivity index (χ2v) is 6.88. The molecular weight excluding hydrogens is 328 g/mol. The summed E-state index contributed by atoms with van der Waals surface area (Å²) in [5.74, 6) is 0. The molecule has 2 heteroatoms. The van der Waals surface area contributed by atoms with Gasteiger partial charge >= 0.3 is 0 Å². The molecule has 0 atom stereocenters. The average Bonchev–Trinajstić information content (AvgIpc) is 3.01. The predicted molar refractivity (Wildman–Crippen MR) is 116 cm³/mol. The van der Waals surface area contributed by atoms with E-state index in [0.717, 1.165) is 11.4 Å². The molecule has 0 aliphatic heterocycles. The zero-order valence-electron chi connectivity index (χ0n) is 15.2. The number of para-hydroxylation sites is 1. The molecule has 0 saturated carbocycles. The molecule has 0 aliphatic carbocycles. The number of anilines is 2. The zero-order chi connectivity index (χ0) is 18.2. The lowest BCUT2D eigenvalue weighted by Gasteiger charge is -2.09. The number of aryl methyl sites for hydroxylation is 1. The minimum Gasteiger partial charge on any atom is -0.355 e. The average molecular weight is 348 g/mol. The van der Waals surface area contributed by atoms with Crippen LogP contribution in [0.25, 0.3) is 32.9 Å². The SMILES string of the molecule is Cn1c2ccccc2c2ccc(Nc3ccc(-c4ccccc4)cc3)cc21. The number of fused-ring (bicyclic) bond motifs is 3. The molecule has 0 bridgehead atoms. The van der Waals surface area contributed by atoms with Gasteiger partial charge in [0.25, 0.3) is 0 Å². The van der Waals surface area contributed by atoms with Crippen molar-refractivity contribution in [3.05, 3.63) is 97.1 Å². The number of rotatable bonds is 3. The van der Waals surface area contributed by atoms with Crippen molar-refractivity contribution in [1.82, 2.24) is 4.57 Å². The molecule has 4 aromatic carbocycles. The molecule has 0 amide bonds. The van der Waals surface area contributed by atoms with E-state index in [1.807, 2.05) is 6.07 Å². The van der Waals surface area contributed by atoms with Crippen molar-refractivity contribution >= 4 is 33.2 Å². The van der Waals surface area contributed by atoms with Crippen LogP contribution in [0.2, 0.25) is 0 Å². The maximum atomic E-state index is 3.53. The van der Waals surface area contributed by atoms with E-state index in [1.54, 1.807) is 0 Å². The normalized spacial score (nSPS) is 11.1. The van der Waals surface area contributed by atoms with Gasteiger partial charge in [0.15, 0.2) is 0 Å². The van der Waals surface area contributed by atoms with Crippen molar-refractivity contribution in [3.8, 4) is 11.1 Å². The van der Waals surface area contributed by atoms with Crippen molar-refractivity contribution < 1.29 is 0 Å². The Bertz CT molecular complexity index is 1230. The van der Waals surface area contributed by atoms with Crippen molar-refractivity contribution in [1.29, 1.82) is 0 Å². The van der Waals surface area contributed by atoms with Crippen LogP contribution in [-0.2, 0) is 7.05 Å². The number of nitrogens with zero attached hydrogens (tertiary/aromatic N) is 1. The van der Waals surface area contributed by atoms with Crippen molar-refractivity contribution in [2.75, 3.05) is 5.32 Å². The summed E-state index contributed by atoms with van der Waals surface area (Å²) < 4.78 is 2.26. The molecule has 5 aromatic rings. The number of nitrogens with one attached hydrogen (secondary N) is 1. The molecule has 5 rings (SSSR count). The van der Waals surface area contributed by atoms with Crippen LogP contribution in [0.4, 0.5) is 11.4 Å². The van der Waals surface area contributed by atoms with Crippen LogP contribution in [0.1, 0.15) is 0 Å². The third-order valence-corrected chi connectivity index (χ3v) is 5.20. The molecular formula is C25H20N2. The molecule has 130 valence electrons. The van der Waals surface area contributed by atoms with E-state index in [2.05, 4.69) is 108 Å². The molecule has 1 N–H and O–H groups in total. The summed E-state index contributed by atoms with van der Waals surface area (Å²) in [4.78, 5) is 0. The highest BCUT2D eigenvalue weighted by Gasteiger charge is 2.08. The predicted octanol–water partition coefficient (Wildman–Crippen LogP) is 6.74. The van der Waals surface area contributed by atoms with Gasteiger partial charge in [-0.3, -0.25) is 0 Å². The van der Waals surface area contributed by atoms with E-state index in [9.17, 15) is 0 Å². The van der Waals surface area contributed by atoms with Crippen LogP contribution >= 0.6 is 0 Å². The first-order chi connectivity index (χ1) is 13.3. The van der Waals surface area contributed by atoms with Crippen molar-refractivity contribution in [3.63, 3.8) is 0 Å². The Morgan fingerprint density at radius 3 is 2.00 bits per heavy atom. The van der Waals surface area contributed by atoms with Crippen molar-refractivity contribution in [2.24, 2.45) is 7.05 Å². The molecule has 1 aromatic heterocycles. The summed E-state index contributed by atoms with van der Waals surface area (Å²) in [6.07, 6.45) is 0. The Balaban J connectivity index is 1.48. The highest BCUT2D eigenvalue weighted by Crippen LogP contribution is 2.31. The summed E-state index contributed by atoms with van der Waals surface area (Å²) >= 11 is 0. The molecule has 27 heavy (non-hydrogen) atoms. The highest BCUT2D eigenvalue weighted by atomic mass is 14.9. The largest absolute Gasteiger partial charge is 0.355 e. The fraction of sp³-hybridized carbons (Fsp3) is 0.0400. The van der Waals surface area contributed by atoms with Gasteiger partial charge < -0.3 is 9.88 Å². The molecule has 0 saturated heterocycles. The zero-order valence-corrected chi connectivity index (χ0v) is 15.2. The van der Waals surface area contributed by atoms with E-state index in [1.165, 1.54) is 32.9 Å². The molecule has 0 aliphatic rings. The van der Waals surface area contributed by atoms with Crippen LogP contribution in [0, 0.1) is 0 Å². The first kappa shape index (κ1) is 15.7. The second-order valence-electron chi connectivity index (χ2n) is 6.88. The van der Waals surface area contributed by atoms with Gasteiger partial charge in [-0.25, -0.2) is 0 Å². The Hall–Kier alpha value is -3.52. The Kier molecular flexibility index (Phi) is 3.68. The van der Waals surface area contributed by atoms with Crippen LogP contribution in [-0.4, -0.2) is 4.57 Å². The Labute approximate surface area is 158 Å². The maximum Gasteiger partial charge on any atom is 0.0509 e. The van der Waals surface area contributed by atoms with Crippen LogP contribution in [0.3, 0.4) is 0 Å². The topological polar surface area (TPSA) is 17.0 Å². The third kappa shape index (κ3) is 2.76. The van der Waals surface area contributed by atoms with Gasteiger partial charge in [-0.1, -0.05) is 66.7 Å². The molecule has 1 heterocycles. The lowest BCUT2D eigenvalue weighted by atomic mass is 10.1. The van der Waals surface area contributed by atoms with Crippen LogP contribution in [0.5, 0.6) is 0 Å². The van der Waals surface area contributed by atoms with Gasteiger partial charge in [0.05, 0.1) is 5.52 Å². The maximum absolute atomic E-state index is 3.53. The molecule has 0 radical (unpaired) electrons. The van der Waals surface area contributed by atoms with Gasteiger partial charge in [-0.2, -0.15) is 0 Å². The first-order valence-electron chi connectivity index (χ1n) is 9.19. The van der Waals surface area contributed by atoms with E-state index in [-0.39, 0.29) is 0 Å². The number of aromatic nitrogens is 1. The van der Waals surface area contributed by atoms with Gasteiger partial charge in [0.1, 0.15) is 0 Å². The van der Waals surface area contributed by atoms with Gasteiger partial charge in [-0.15, -0.1) is 0 Å². The fourth-order valence-electron chi connectivity index (χ4n) is 3.78. The lowest BCUT2D eigenvalue weighted by molar-refractivity contribution is 1.01. The Morgan fingerprint density at radius 2 is 1.19 bits per heavy atom. The van der Waals surface area contributed by atoms with Crippen LogP contribution < -0.4 is 5.32 Å². The van der Waals surface area contributed by atoms with E-state index in [0.29, 0.717) is 0 Å². The van der Waals surface area contributed by atoms with Gasteiger partial charge in [-0.05, 0) is 41.5 Å². The van der Waals surface area contributed by atoms with E-state index >= 15 is 0 Å². The lowest BCUT2D eigenvalue weighted by Crippen LogP contribution is -1.92. The van der Waals surface area contributed by atoms with E-state index in [4.69, 9.17) is 0 Å². The van der Waals surface area contributed by atoms with Crippen LogP contribution in [0.15, 0.2) is 97.1 Å². The van der Waals surface area contributed by atoms with Crippen molar-refractivity contribution in [2.45, 2.75) is 0 Å². The van der Waals surface area contributed by atoms with Gasteiger partial charge in [0.2, 0.25) is 0 Å².